The molecule has 2 heterocycles. The zero-order valence-corrected chi connectivity index (χ0v) is 8.69. The van der Waals surface area contributed by atoms with Crippen molar-refractivity contribution in [3.63, 3.8) is 0 Å². The molecule has 0 aliphatic carbocycles. The SMILES string of the molecule is CC1CNCC1C(=O)NCc1ccno1. The minimum atomic E-state index is 0.0768. The molecule has 1 saturated heterocycles. The van der Waals surface area contributed by atoms with Crippen LogP contribution in [0.5, 0.6) is 0 Å². The van der Waals surface area contributed by atoms with Crippen LogP contribution >= 0.6 is 0 Å². The van der Waals surface area contributed by atoms with Crippen molar-refractivity contribution in [2.24, 2.45) is 11.8 Å². The summed E-state index contributed by atoms with van der Waals surface area (Å²) in [6.45, 7) is 4.19. The third-order valence-electron chi connectivity index (χ3n) is 2.78. The molecule has 5 nitrogen and oxygen atoms in total. The Kier molecular flexibility index (Phi) is 3.01. The van der Waals surface area contributed by atoms with E-state index in [1.807, 2.05) is 0 Å². The molecule has 0 radical (unpaired) electrons. The first-order chi connectivity index (χ1) is 7.27. The molecule has 0 spiro atoms. The third-order valence-corrected chi connectivity index (χ3v) is 2.78. The van der Waals surface area contributed by atoms with Gasteiger partial charge in [-0.05, 0) is 12.5 Å². The van der Waals surface area contributed by atoms with Gasteiger partial charge < -0.3 is 15.2 Å². The average molecular weight is 209 g/mol. The molecule has 0 aromatic carbocycles. The molecular weight excluding hydrogens is 194 g/mol. The Bertz CT molecular complexity index is 323. The zero-order chi connectivity index (χ0) is 10.7. The molecule has 1 amide bonds. The summed E-state index contributed by atoms with van der Waals surface area (Å²) in [5.74, 6) is 1.25. The number of amides is 1. The van der Waals surface area contributed by atoms with Crippen LogP contribution in [0.1, 0.15) is 12.7 Å². The molecule has 1 aliphatic heterocycles. The van der Waals surface area contributed by atoms with Crippen LogP contribution in [0.3, 0.4) is 0 Å². The lowest BCUT2D eigenvalue weighted by atomic mass is 9.97. The number of carbonyl (C=O) groups is 1. The molecule has 2 N–H and O–H groups in total. The molecule has 82 valence electrons. The highest BCUT2D eigenvalue weighted by Gasteiger charge is 2.29. The number of carbonyl (C=O) groups excluding carboxylic acids is 1. The highest BCUT2D eigenvalue weighted by molar-refractivity contribution is 5.79. The molecule has 2 rings (SSSR count). The van der Waals surface area contributed by atoms with Crippen molar-refractivity contribution in [1.29, 1.82) is 0 Å². The Morgan fingerprint density at radius 2 is 2.60 bits per heavy atom. The largest absolute Gasteiger partial charge is 0.360 e. The molecule has 15 heavy (non-hydrogen) atoms. The number of hydrogen-bond donors (Lipinski definition) is 2. The van der Waals surface area contributed by atoms with Crippen LogP contribution in [-0.4, -0.2) is 24.2 Å². The van der Waals surface area contributed by atoms with Crippen molar-refractivity contribution >= 4 is 5.91 Å². The van der Waals surface area contributed by atoms with Gasteiger partial charge in [-0.25, -0.2) is 0 Å². The van der Waals surface area contributed by atoms with E-state index in [-0.39, 0.29) is 11.8 Å². The Hall–Kier alpha value is -1.36. The van der Waals surface area contributed by atoms with Gasteiger partial charge in [0.1, 0.15) is 0 Å². The highest BCUT2D eigenvalue weighted by Crippen LogP contribution is 2.15. The van der Waals surface area contributed by atoms with E-state index in [0.29, 0.717) is 18.2 Å². The molecule has 2 unspecified atom stereocenters. The van der Waals surface area contributed by atoms with E-state index in [1.54, 1.807) is 12.3 Å². The van der Waals surface area contributed by atoms with Gasteiger partial charge in [-0.1, -0.05) is 12.1 Å². The fourth-order valence-electron chi connectivity index (χ4n) is 1.80. The normalized spacial score (nSPS) is 25.4. The first-order valence-electron chi connectivity index (χ1n) is 5.15. The molecule has 1 aliphatic rings. The fourth-order valence-corrected chi connectivity index (χ4v) is 1.80. The minimum absolute atomic E-state index is 0.0768. The van der Waals surface area contributed by atoms with Crippen LogP contribution in [0.25, 0.3) is 0 Å². The zero-order valence-electron chi connectivity index (χ0n) is 8.69. The van der Waals surface area contributed by atoms with Crippen LogP contribution in [-0.2, 0) is 11.3 Å². The first kappa shape index (κ1) is 10.2. The van der Waals surface area contributed by atoms with Crippen molar-refractivity contribution in [3.8, 4) is 0 Å². The lowest BCUT2D eigenvalue weighted by Crippen LogP contribution is -2.33. The van der Waals surface area contributed by atoms with Crippen molar-refractivity contribution in [1.82, 2.24) is 15.8 Å². The lowest BCUT2D eigenvalue weighted by molar-refractivity contribution is -0.125. The number of rotatable bonds is 3. The van der Waals surface area contributed by atoms with Gasteiger partial charge in [0.25, 0.3) is 0 Å². The summed E-state index contributed by atoms with van der Waals surface area (Å²) in [5, 5.41) is 9.62. The second-order valence-electron chi connectivity index (χ2n) is 3.94. The molecule has 1 aromatic rings. The maximum atomic E-state index is 11.7. The van der Waals surface area contributed by atoms with Gasteiger partial charge in [-0.3, -0.25) is 4.79 Å². The molecular formula is C10H15N3O2. The van der Waals surface area contributed by atoms with Crippen LogP contribution in [0.15, 0.2) is 16.8 Å². The van der Waals surface area contributed by atoms with Gasteiger partial charge in [-0.2, -0.15) is 0 Å². The Morgan fingerprint density at radius 3 is 3.20 bits per heavy atom. The van der Waals surface area contributed by atoms with E-state index in [1.165, 1.54) is 0 Å². The quantitative estimate of drug-likeness (QED) is 0.743. The van der Waals surface area contributed by atoms with Crippen molar-refractivity contribution in [2.45, 2.75) is 13.5 Å². The average Bonchev–Trinajstić information content (AvgIpc) is 2.84. The smallest absolute Gasteiger partial charge is 0.225 e. The van der Waals surface area contributed by atoms with Gasteiger partial charge in [0, 0.05) is 12.6 Å². The monoisotopic (exact) mass is 209 g/mol. The molecule has 1 fully saturated rings. The number of hydrogen-bond acceptors (Lipinski definition) is 4. The molecule has 0 saturated carbocycles. The number of nitrogens with zero attached hydrogens (tertiary/aromatic N) is 1. The summed E-state index contributed by atoms with van der Waals surface area (Å²) in [5.41, 5.74) is 0. The van der Waals surface area contributed by atoms with Crippen LogP contribution in [0, 0.1) is 11.8 Å². The standard InChI is InChI=1S/C10H15N3O2/c1-7-4-11-6-9(7)10(14)12-5-8-2-3-13-15-8/h2-3,7,9,11H,4-6H2,1H3,(H,12,14). The van der Waals surface area contributed by atoms with Crippen LogP contribution in [0.2, 0.25) is 0 Å². The van der Waals surface area contributed by atoms with E-state index >= 15 is 0 Å². The predicted octanol–water partition coefficient (Wildman–Crippen LogP) is 0.146. The topological polar surface area (TPSA) is 67.2 Å². The molecule has 0 bridgehead atoms. The molecule has 1 aromatic heterocycles. The maximum Gasteiger partial charge on any atom is 0.225 e. The van der Waals surface area contributed by atoms with Gasteiger partial charge in [0.2, 0.25) is 5.91 Å². The third kappa shape index (κ3) is 2.36. The second kappa shape index (κ2) is 4.44. The highest BCUT2D eigenvalue weighted by atomic mass is 16.5. The number of aromatic nitrogens is 1. The van der Waals surface area contributed by atoms with E-state index in [0.717, 1.165) is 13.1 Å². The molecule has 2 atom stereocenters. The van der Waals surface area contributed by atoms with E-state index in [4.69, 9.17) is 4.52 Å². The van der Waals surface area contributed by atoms with Crippen molar-refractivity contribution < 1.29 is 9.32 Å². The maximum absolute atomic E-state index is 11.7. The van der Waals surface area contributed by atoms with Crippen molar-refractivity contribution in [2.75, 3.05) is 13.1 Å². The summed E-state index contributed by atoms with van der Waals surface area (Å²) in [7, 11) is 0. The van der Waals surface area contributed by atoms with Crippen molar-refractivity contribution in [3.05, 3.63) is 18.0 Å². The summed E-state index contributed by atoms with van der Waals surface area (Å²) in [4.78, 5) is 11.7. The number of nitrogens with one attached hydrogen (secondary N) is 2. The van der Waals surface area contributed by atoms with E-state index < -0.39 is 0 Å². The predicted molar refractivity (Wildman–Crippen MR) is 53.9 cm³/mol. The Morgan fingerprint density at radius 1 is 1.73 bits per heavy atom. The van der Waals surface area contributed by atoms with E-state index in [2.05, 4.69) is 22.7 Å². The Labute approximate surface area is 88.2 Å². The van der Waals surface area contributed by atoms with Crippen LogP contribution < -0.4 is 10.6 Å². The fraction of sp³-hybridized carbons (Fsp3) is 0.600. The molecule has 5 heteroatoms. The van der Waals surface area contributed by atoms with Gasteiger partial charge in [0.15, 0.2) is 5.76 Å². The minimum Gasteiger partial charge on any atom is -0.360 e. The van der Waals surface area contributed by atoms with Gasteiger partial charge >= 0.3 is 0 Å². The summed E-state index contributed by atoms with van der Waals surface area (Å²) >= 11 is 0. The first-order valence-corrected chi connectivity index (χ1v) is 5.15. The summed E-state index contributed by atoms with van der Waals surface area (Å²) < 4.78 is 4.89. The summed E-state index contributed by atoms with van der Waals surface area (Å²) in [6, 6.07) is 1.75. The lowest BCUT2D eigenvalue weighted by Gasteiger charge is -2.12. The Balaban J connectivity index is 1.82. The second-order valence-corrected chi connectivity index (χ2v) is 3.94. The van der Waals surface area contributed by atoms with Gasteiger partial charge in [-0.15, -0.1) is 0 Å². The summed E-state index contributed by atoms with van der Waals surface area (Å²) in [6.07, 6.45) is 1.57. The van der Waals surface area contributed by atoms with Crippen LogP contribution in [0.4, 0.5) is 0 Å². The van der Waals surface area contributed by atoms with E-state index in [9.17, 15) is 4.79 Å². The van der Waals surface area contributed by atoms with Gasteiger partial charge in [0.05, 0.1) is 18.7 Å².